The van der Waals surface area contributed by atoms with Crippen LogP contribution in [0.1, 0.15) is 25.5 Å². The van der Waals surface area contributed by atoms with Crippen LogP contribution in [0.5, 0.6) is 0 Å². The van der Waals surface area contributed by atoms with Crippen molar-refractivity contribution in [1.82, 2.24) is 4.90 Å². The summed E-state index contributed by atoms with van der Waals surface area (Å²) >= 11 is 0. The number of nitrogens with zero attached hydrogens (tertiary/aromatic N) is 1. The van der Waals surface area contributed by atoms with Crippen molar-refractivity contribution in [2.45, 2.75) is 25.9 Å². The summed E-state index contributed by atoms with van der Waals surface area (Å²) < 4.78 is 5.36. The number of rotatable bonds is 3. The van der Waals surface area contributed by atoms with E-state index >= 15 is 0 Å². The fourth-order valence-corrected chi connectivity index (χ4v) is 2.43. The molecule has 3 atom stereocenters. The Labute approximate surface area is 114 Å². The van der Waals surface area contributed by atoms with Gasteiger partial charge in [-0.1, -0.05) is 37.3 Å². The smallest absolute Gasteiger partial charge is 0.227 e. The van der Waals surface area contributed by atoms with E-state index in [4.69, 9.17) is 10.5 Å². The van der Waals surface area contributed by atoms with Gasteiger partial charge in [-0.2, -0.15) is 0 Å². The number of carbonyl (C=O) groups is 1. The van der Waals surface area contributed by atoms with E-state index in [-0.39, 0.29) is 23.9 Å². The lowest BCUT2D eigenvalue weighted by molar-refractivity contribution is -0.143. The number of benzene rings is 1. The Hall–Kier alpha value is -1.39. The summed E-state index contributed by atoms with van der Waals surface area (Å²) in [6.07, 6.45) is 0. The third-order valence-corrected chi connectivity index (χ3v) is 3.76. The van der Waals surface area contributed by atoms with Gasteiger partial charge in [-0.15, -0.1) is 0 Å². The molecule has 0 radical (unpaired) electrons. The summed E-state index contributed by atoms with van der Waals surface area (Å²) in [7, 11) is 0. The average molecular weight is 262 g/mol. The van der Waals surface area contributed by atoms with Gasteiger partial charge in [-0.25, -0.2) is 0 Å². The van der Waals surface area contributed by atoms with Gasteiger partial charge < -0.3 is 15.4 Å². The molecule has 2 N–H and O–H groups in total. The predicted octanol–water partition coefficient (Wildman–Crippen LogP) is 1.57. The molecule has 0 saturated carbocycles. The average Bonchev–Trinajstić information content (AvgIpc) is 2.46. The van der Waals surface area contributed by atoms with Crippen LogP contribution in [0.15, 0.2) is 30.3 Å². The van der Waals surface area contributed by atoms with Crippen molar-refractivity contribution in [3.05, 3.63) is 35.9 Å². The molecule has 2 rings (SSSR count). The van der Waals surface area contributed by atoms with Crippen molar-refractivity contribution in [3.63, 3.8) is 0 Å². The number of hydrogen-bond donors (Lipinski definition) is 1. The second-order valence-electron chi connectivity index (χ2n) is 5.18. The van der Waals surface area contributed by atoms with Crippen LogP contribution >= 0.6 is 0 Å². The van der Waals surface area contributed by atoms with Crippen LogP contribution in [0.4, 0.5) is 0 Å². The molecule has 0 spiro atoms. The number of morpholine rings is 1. The molecule has 19 heavy (non-hydrogen) atoms. The van der Waals surface area contributed by atoms with Gasteiger partial charge in [0.05, 0.1) is 25.2 Å². The van der Waals surface area contributed by atoms with Gasteiger partial charge in [0.2, 0.25) is 5.91 Å². The first-order chi connectivity index (χ1) is 9.11. The molecule has 1 aliphatic heterocycles. The Kier molecular flexibility index (Phi) is 4.56. The number of amides is 1. The zero-order valence-electron chi connectivity index (χ0n) is 11.6. The summed E-state index contributed by atoms with van der Waals surface area (Å²) in [6, 6.07) is 9.66. The molecule has 0 aliphatic carbocycles. The summed E-state index contributed by atoms with van der Waals surface area (Å²) in [5.41, 5.74) is 7.22. The SMILES string of the molecule is CC(C(=O)N1CCOC[C@H]1C)C(N)c1ccccc1. The summed E-state index contributed by atoms with van der Waals surface area (Å²) in [5.74, 6) is -0.102. The number of hydrogen-bond acceptors (Lipinski definition) is 3. The number of carbonyl (C=O) groups excluding carboxylic acids is 1. The molecule has 0 aromatic heterocycles. The van der Waals surface area contributed by atoms with E-state index in [2.05, 4.69) is 0 Å². The fourth-order valence-electron chi connectivity index (χ4n) is 2.43. The van der Waals surface area contributed by atoms with E-state index in [0.29, 0.717) is 19.8 Å². The van der Waals surface area contributed by atoms with Gasteiger partial charge in [0.25, 0.3) is 0 Å². The Morgan fingerprint density at radius 2 is 2.11 bits per heavy atom. The van der Waals surface area contributed by atoms with Crippen LogP contribution < -0.4 is 5.73 Å². The first-order valence-corrected chi connectivity index (χ1v) is 6.80. The monoisotopic (exact) mass is 262 g/mol. The van der Waals surface area contributed by atoms with Crippen molar-refractivity contribution in [2.75, 3.05) is 19.8 Å². The Bertz CT molecular complexity index is 421. The van der Waals surface area contributed by atoms with E-state index in [1.54, 1.807) is 0 Å². The van der Waals surface area contributed by atoms with Crippen LogP contribution in [0.2, 0.25) is 0 Å². The fraction of sp³-hybridized carbons (Fsp3) is 0.533. The molecule has 2 unspecified atom stereocenters. The van der Waals surface area contributed by atoms with E-state index in [0.717, 1.165) is 5.56 Å². The lowest BCUT2D eigenvalue weighted by atomic mass is 9.93. The molecule has 1 aliphatic rings. The molecule has 4 nitrogen and oxygen atoms in total. The largest absolute Gasteiger partial charge is 0.377 e. The van der Waals surface area contributed by atoms with Gasteiger partial charge in [0, 0.05) is 12.6 Å². The third-order valence-electron chi connectivity index (χ3n) is 3.76. The number of ether oxygens (including phenoxy) is 1. The van der Waals surface area contributed by atoms with E-state index in [9.17, 15) is 4.79 Å². The molecule has 1 fully saturated rings. The Morgan fingerprint density at radius 1 is 1.42 bits per heavy atom. The molecule has 1 amide bonds. The molecule has 4 heteroatoms. The minimum Gasteiger partial charge on any atom is -0.377 e. The Balaban J connectivity index is 2.06. The molecule has 1 aromatic rings. The lowest BCUT2D eigenvalue weighted by Crippen LogP contribution is -2.50. The molecule has 104 valence electrons. The topological polar surface area (TPSA) is 55.6 Å². The molecule has 1 saturated heterocycles. The van der Waals surface area contributed by atoms with Crippen LogP contribution in [-0.2, 0) is 9.53 Å². The third kappa shape index (κ3) is 3.14. The molecule has 1 heterocycles. The second kappa shape index (κ2) is 6.17. The summed E-state index contributed by atoms with van der Waals surface area (Å²) in [4.78, 5) is 14.4. The minimum absolute atomic E-state index is 0.118. The maximum Gasteiger partial charge on any atom is 0.227 e. The normalized spacial score (nSPS) is 22.9. The highest BCUT2D eigenvalue weighted by Crippen LogP contribution is 2.22. The van der Waals surface area contributed by atoms with Crippen LogP contribution in [-0.4, -0.2) is 36.6 Å². The minimum atomic E-state index is -0.260. The van der Waals surface area contributed by atoms with Crippen molar-refractivity contribution in [1.29, 1.82) is 0 Å². The van der Waals surface area contributed by atoms with Gasteiger partial charge in [-0.05, 0) is 12.5 Å². The van der Waals surface area contributed by atoms with Crippen LogP contribution in [0, 0.1) is 5.92 Å². The quantitative estimate of drug-likeness (QED) is 0.899. The van der Waals surface area contributed by atoms with Crippen molar-refractivity contribution in [3.8, 4) is 0 Å². The maximum absolute atomic E-state index is 12.5. The van der Waals surface area contributed by atoms with Crippen LogP contribution in [0.25, 0.3) is 0 Å². The predicted molar refractivity (Wildman–Crippen MR) is 74.5 cm³/mol. The van der Waals surface area contributed by atoms with Crippen molar-refractivity contribution < 1.29 is 9.53 Å². The van der Waals surface area contributed by atoms with Gasteiger partial charge in [-0.3, -0.25) is 4.79 Å². The van der Waals surface area contributed by atoms with Gasteiger partial charge in [0.1, 0.15) is 0 Å². The first kappa shape index (κ1) is 14.0. The maximum atomic E-state index is 12.5. The van der Waals surface area contributed by atoms with Gasteiger partial charge in [0.15, 0.2) is 0 Å². The molecular weight excluding hydrogens is 240 g/mol. The van der Waals surface area contributed by atoms with Crippen molar-refractivity contribution >= 4 is 5.91 Å². The van der Waals surface area contributed by atoms with E-state index < -0.39 is 0 Å². The zero-order chi connectivity index (χ0) is 13.8. The molecular formula is C15H22N2O2. The summed E-state index contributed by atoms with van der Waals surface area (Å²) in [5, 5.41) is 0. The van der Waals surface area contributed by atoms with Crippen molar-refractivity contribution in [2.24, 2.45) is 11.7 Å². The molecule has 1 aromatic carbocycles. The molecule has 0 bridgehead atoms. The summed E-state index contributed by atoms with van der Waals surface area (Å²) in [6.45, 7) is 5.80. The first-order valence-electron chi connectivity index (χ1n) is 6.80. The highest BCUT2D eigenvalue weighted by atomic mass is 16.5. The highest BCUT2D eigenvalue weighted by molar-refractivity contribution is 5.79. The highest BCUT2D eigenvalue weighted by Gasteiger charge is 2.30. The number of nitrogens with two attached hydrogens (primary N) is 1. The van der Waals surface area contributed by atoms with E-state index in [1.165, 1.54) is 0 Å². The Morgan fingerprint density at radius 3 is 2.74 bits per heavy atom. The second-order valence-corrected chi connectivity index (χ2v) is 5.18. The van der Waals surface area contributed by atoms with E-state index in [1.807, 2.05) is 49.1 Å². The zero-order valence-corrected chi connectivity index (χ0v) is 11.6. The van der Waals surface area contributed by atoms with Gasteiger partial charge >= 0.3 is 0 Å². The standard InChI is InChI=1S/C15H22N2O2/c1-11-10-19-9-8-17(11)15(18)12(2)14(16)13-6-4-3-5-7-13/h3-7,11-12,14H,8-10,16H2,1-2H3/t11-,12?,14?/m1/s1. The van der Waals surface area contributed by atoms with Crippen LogP contribution in [0.3, 0.4) is 0 Å². The lowest BCUT2D eigenvalue weighted by Gasteiger charge is -2.36.